The predicted molar refractivity (Wildman–Crippen MR) is 74.4 cm³/mol. The van der Waals surface area contributed by atoms with E-state index in [4.69, 9.17) is 4.74 Å². The quantitative estimate of drug-likeness (QED) is 0.673. The summed E-state index contributed by atoms with van der Waals surface area (Å²) in [6, 6.07) is 0. The average molecular weight is 251 g/mol. The maximum Gasteiger partial charge on any atom is 0.170 e. The second-order valence-corrected chi connectivity index (χ2v) is 4.49. The molecule has 2 saturated heterocycles. The Kier molecular flexibility index (Phi) is 5.60. The van der Waals surface area contributed by atoms with Crippen molar-refractivity contribution in [3.05, 3.63) is 23.5 Å². The lowest BCUT2D eigenvalue weighted by Gasteiger charge is -2.42. The van der Waals surface area contributed by atoms with Crippen LogP contribution < -0.4 is 5.32 Å². The van der Waals surface area contributed by atoms with Crippen LogP contribution in [0.4, 0.5) is 0 Å². The van der Waals surface area contributed by atoms with Crippen LogP contribution >= 0.6 is 0 Å². The Morgan fingerprint density at radius 2 is 1.78 bits per heavy atom. The van der Waals surface area contributed by atoms with E-state index in [1.807, 2.05) is 39.8 Å². The minimum Gasteiger partial charge on any atom is -0.486 e. The molecule has 0 amide bonds. The van der Waals surface area contributed by atoms with Crippen molar-refractivity contribution in [2.24, 2.45) is 0 Å². The number of ether oxygens (including phenoxy) is 1. The summed E-state index contributed by atoms with van der Waals surface area (Å²) in [5.41, 5.74) is 0.503. The standard InChI is InChI=1S/C13H19NO2.C2H6/c1-3-10-11(15)9-13(16-12(10)4-2)5-7-14-8-6-13;1-2/h3-4,14H,5-9H2,1-2H3;1-2H3/b10-3-,12-4+;. The van der Waals surface area contributed by atoms with Crippen molar-refractivity contribution in [2.75, 3.05) is 13.1 Å². The van der Waals surface area contributed by atoms with E-state index in [1.54, 1.807) is 0 Å². The molecule has 3 heteroatoms. The number of rotatable bonds is 0. The molecule has 2 heterocycles. The minimum atomic E-state index is -0.239. The molecule has 0 bridgehead atoms. The average Bonchev–Trinajstić information content (AvgIpc) is 2.41. The van der Waals surface area contributed by atoms with Gasteiger partial charge in [0.05, 0.1) is 12.0 Å². The molecule has 0 atom stereocenters. The van der Waals surface area contributed by atoms with Crippen LogP contribution in [-0.4, -0.2) is 24.5 Å². The largest absolute Gasteiger partial charge is 0.486 e. The fourth-order valence-corrected chi connectivity index (χ4v) is 2.53. The first-order valence-corrected chi connectivity index (χ1v) is 6.97. The van der Waals surface area contributed by atoms with E-state index in [1.165, 1.54) is 0 Å². The van der Waals surface area contributed by atoms with Crippen LogP contribution in [0.1, 0.15) is 47.0 Å². The highest BCUT2D eigenvalue weighted by Crippen LogP contribution is 2.37. The minimum absolute atomic E-state index is 0.226. The van der Waals surface area contributed by atoms with Crippen molar-refractivity contribution in [1.29, 1.82) is 0 Å². The summed E-state index contributed by atoms with van der Waals surface area (Å²) < 4.78 is 6.07. The maximum atomic E-state index is 12.1. The number of hydrogen-bond acceptors (Lipinski definition) is 3. The summed E-state index contributed by atoms with van der Waals surface area (Å²) in [5.74, 6) is 0.990. The molecule has 1 spiro atoms. The third kappa shape index (κ3) is 3.02. The van der Waals surface area contributed by atoms with Crippen LogP contribution in [0, 0.1) is 0 Å². The molecule has 1 N–H and O–H groups in total. The SMILES string of the molecule is C/C=C1/OC2(CCNCC2)CC(=O)/C1=C/C.CC. The van der Waals surface area contributed by atoms with Crippen molar-refractivity contribution in [2.45, 2.75) is 52.6 Å². The smallest absolute Gasteiger partial charge is 0.170 e. The molecule has 0 aromatic carbocycles. The fraction of sp³-hybridized carbons (Fsp3) is 0.667. The maximum absolute atomic E-state index is 12.1. The highest BCUT2D eigenvalue weighted by atomic mass is 16.5. The Hall–Kier alpha value is -1.09. The van der Waals surface area contributed by atoms with Crippen LogP contribution in [-0.2, 0) is 9.53 Å². The molecule has 0 radical (unpaired) electrons. The summed E-state index contributed by atoms with van der Waals surface area (Å²) in [6.45, 7) is 9.69. The van der Waals surface area contributed by atoms with Gasteiger partial charge in [0.1, 0.15) is 11.4 Å². The van der Waals surface area contributed by atoms with Crippen LogP contribution in [0.25, 0.3) is 0 Å². The van der Waals surface area contributed by atoms with Crippen molar-refractivity contribution in [3.8, 4) is 0 Å². The van der Waals surface area contributed by atoms with E-state index in [0.29, 0.717) is 6.42 Å². The highest BCUT2D eigenvalue weighted by Gasteiger charge is 2.42. The molecule has 0 aliphatic carbocycles. The van der Waals surface area contributed by atoms with E-state index in [0.717, 1.165) is 37.3 Å². The van der Waals surface area contributed by atoms with E-state index in [2.05, 4.69) is 5.32 Å². The normalized spacial score (nSPS) is 26.8. The number of hydrogen-bond donors (Lipinski definition) is 1. The number of carbonyl (C=O) groups is 1. The first kappa shape index (κ1) is 15.0. The monoisotopic (exact) mass is 251 g/mol. The van der Waals surface area contributed by atoms with Crippen LogP contribution in [0.15, 0.2) is 23.5 Å². The molecule has 3 nitrogen and oxygen atoms in total. The Labute approximate surface area is 110 Å². The Morgan fingerprint density at radius 3 is 2.28 bits per heavy atom. The molecule has 18 heavy (non-hydrogen) atoms. The zero-order valence-electron chi connectivity index (χ0n) is 12.0. The molecule has 0 aromatic rings. The van der Waals surface area contributed by atoms with Gasteiger partial charge in [-0.05, 0) is 33.0 Å². The zero-order chi connectivity index (χ0) is 13.6. The number of ketones is 1. The number of piperidine rings is 1. The third-order valence-electron chi connectivity index (χ3n) is 3.44. The number of nitrogens with one attached hydrogen (secondary N) is 1. The first-order chi connectivity index (χ1) is 8.71. The predicted octanol–water partition coefficient (Wildman–Crippen LogP) is 2.97. The molecule has 2 fully saturated rings. The Morgan fingerprint density at radius 1 is 1.17 bits per heavy atom. The van der Waals surface area contributed by atoms with Gasteiger partial charge < -0.3 is 10.1 Å². The molecular formula is C15H25NO2. The Balaban J connectivity index is 0.000000771. The molecule has 0 aromatic heterocycles. The van der Waals surface area contributed by atoms with Crippen molar-refractivity contribution < 1.29 is 9.53 Å². The molecule has 2 rings (SSSR count). The summed E-state index contributed by atoms with van der Waals surface area (Å²) in [6.07, 6.45) is 6.13. The van der Waals surface area contributed by atoms with Crippen LogP contribution in [0.3, 0.4) is 0 Å². The lowest BCUT2D eigenvalue weighted by Crippen LogP contribution is -2.48. The third-order valence-corrected chi connectivity index (χ3v) is 3.44. The van der Waals surface area contributed by atoms with Gasteiger partial charge in [-0.1, -0.05) is 19.9 Å². The van der Waals surface area contributed by atoms with Gasteiger partial charge in [0.2, 0.25) is 0 Å². The van der Waals surface area contributed by atoms with E-state index in [9.17, 15) is 4.79 Å². The summed E-state index contributed by atoms with van der Waals surface area (Å²) in [5, 5.41) is 3.30. The van der Waals surface area contributed by atoms with Gasteiger partial charge in [-0.15, -0.1) is 0 Å². The van der Waals surface area contributed by atoms with Gasteiger partial charge in [0, 0.05) is 12.8 Å². The molecule has 102 valence electrons. The summed E-state index contributed by atoms with van der Waals surface area (Å²) in [4.78, 5) is 12.1. The van der Waals surface area contributed by atoms with Crippen molar-refractivity contribution >= 4 is 5.78 Å². The first-order valence-electron chi connectivity index (χ1n) is 6.97. The van der Waals surface area contributed by atoms with Crippen LogP contribution in [0.2, 0.25) is 0 Å². The van der Waals surface area contributed by atoms with Gasteiger partial charge >= 0.3 is 0 Å². The van der Waals surface area contributed by atoms with Crippen LogP contribution in [0.5, 0.6) is 0 Å². The molecule has 0 unspecified atom stereocenters. The molecule has 2 aliphatic rings. The highest BCUT2D eigenvalue weighted by molar-refractivity contribution is 6.00. The summed E-state index contributed by atoms with van der Waals surface area (Å²) in [7, 11) is 0. The lowest BCUT2D eigenvalue weighted by molar-refractivity contribution is -0.127. The molecule has 0 saturated carbocycles. The van der Waals surface area contributed by atoms with Gasteiger partial charge in [-0.3, -0.25) is 4.79 Å². The molecular weight excluding hydrogens is 226 g/mol. The number of Topliss-reactive ketones (excluding diaryl/α,β-unsaturated/α-hetero) is 1. The van der Waals surface area contributed by atoms with Gasteiger partial charge in [0.15, 0.2) is 5.78 Å². The van der Waals surface area contributed by atoms with E-state index >= 15 is 0 Å². The van der Waals surface area contributed by atoms with Crippen molar-refractivity contribution in [1.82, 2.24) is 5.32 Å². The molecule has 2 aliphatic heterocycles. The second kappa shape index (κ2) is 6.74. The van der Waals surface area contributed by atoms with Gasteiger partial charge in [-0.2, -0.15) is 0 Å². The van der Waals surface area contributed by atoms with E-state index in [-0.39, 0.29) is 11.4 Å². The number of allylic oxidation sites excluding steroid dienone is 3. The van der Waals surface area contributed by atoms with Gasteiger partial charge in [0.25, 0.3) is 0 Å². The number of carbonyl (C=O) groups excluding carboxylic acids is 1. The fourth-order valence-electron chi connectivity index (χ4n) is 2.53. The Bertz CT molecular complexity index is 350. The van der Waals surface area contributed by atoms with E-state index < -0.39 is 0 Å². The zero-order valence-corrected chi connectivity index (χ0v) is 12.0. The summed E-state index contributed by atoms with van der Waals surface area (Å²) >= 11 is 0. The van der Waals surface area contributed by atoms with Crippen molar-refractivity contribution in [3.63, 3.8) is 0 Å². The van der Waals surface area contributed by atoms with Gasteiger partial charge in [-0.25, -0.2) is 0 Å². The lowest BCUT2D eigenvalue weighted by atomic mass is 9.82. The topological polar surface area (TPSA) is 38.3 Å². The second-order valence-electron chi connectivity index (χ2n) is 4.49.